The molecular weight excluding hydrogens is 676 g/mol. The second-order valence-electron chi connectivity index (χ2n) is 14.6. The molecule has 0 N–H and O–H groups in total. The number of cyclic esters (lactones) is 1. The lowest BCUT2D eigenvalue weighted by Gasteiger charge is -2.56. The number of ether oxygens (including phenoxy) is 2. The predicted molar refractivity (Wildman–Crippen MR) is 190 cm³/mol. The van der Waals surface area contributed by atoms with Crippen molar-refractivity contribution in [2.45, 2.75) is 25.3 Å². The van der Waals surface area contributed by atoms with Crippen LogP contribution in [0.1, 0.15) is 18.9 Å². The third kappa shape index (κ3) is 4.48. The highest BCUT2D eigenvalue weighted by Crippen LogP contribution is 2.64. The molecule has 7 unspecified atom stereocenters. The molecule has 0 radical (unpaired) electrons. The number of anilines is 2. The summed E-state index contributed by atoms with van der Waals surface area (Å²) in [4.78, 5) is 96.2. The number of fused-ring (bicyclic) bond motifs is 6. The van der Waals surface area contributed by atoms with Crippen molar-refractivity contribution in [1.82, 2.24) is 4.90 Å². The van der Waals surface area contributed by atoms with Gasteiger partial charge in [-0.3, -0.25) is 38.8 Å². The minimum atomic E-state index is -1.66. The van der Waals surface area contributed by atoms with Crippen LogP contribution in [0.5, 0.6) is 0 Å². The Kier molecular flexibility index (Phi) is 7.60. The van der Waals surface area contributed by atoms with E-state index in [0.717, 1.165) is 10.5 Å². The van der Waals surface area contributed by atoms with Crippen molar-refractivity contribution < 1.29 is 38.2 Å². The third-order valence-electron chi connectivity index (χ3n) is 12.2. The Hall–Kier alpha value is -5.75. The Balaban J connectivity index is 1.31. The third-order valence-corrected chi connectivity index (χ3v) is 12.2. The Morgan fingerprint density at radius 3 is 1.92 bits per heavy atom. The van der Waals surface area contributed by atoms with Crippen LogP contribution < -0.4 is 9.80 Å². The highest BCUT2D eigenvalue weighted by Gasteiger charge is 2.75. The van der Waals surface area contributed by atoms with Gasteiger partial charge >= 0.3 is 6.09 Å². The molecule has 0 aromatic heterocycles. The van der Waals surface area contributed by atoms with Crippen molar-refractivity contribution in [2.75, 3.05) is 30.1 Å². The van der Waals surface area contributed by atoms with Gasteiger partial charge in [0.2, 0.25) is 29.5 Å². The van der Waals surface area contributed by atoms with Crippen molar-refractivity contribution in [3.63, 3.8) is 0 Å². The molecule has 2 aliphatic carbocycles. The van der Waals surface area contributed by atoms with Crippen molar-refractivity contribution in [2.24, 2.45) is 46.4 Å². The van der Waals surface area contributed by atoms with Crippen LogP contribution in [0.2, 0.25) is 0 Å². The van der Waals surface area contributed by atoms with Crippen molar-refractivity contribution in [1.29, 1.82) is 0 Å². The molecule has 6 aliphatic rings. The van der Waals surface area contributed by atoms with E-state index in [1.165, 1.54) is 16.9 Å². The predicted octanol–water partition coefficient (Wildman–Crippen LogP) is 4.20. The molecule has 53 heavy (non-hydrogen) atoms. The van der Waals surface area contributed by atoms with E-state index in [-0.39, 0.29) is 37.5 Å². The molecule has 9 rings (SSSR count). The standard InChI is InChI=1S/C41H36N4O8/c1-22-28-30-26(31-29(22)35(47)44(36(31)48)25-16-10-5-11-17-25)20-27-32(37(49)43(34(27)46)24-14-8-4-9-15-24)33(30)41(21-23-12-6-3-7-13-23)39(42-18-19-52-2)53-40(51)45(41)38(28)50/h3-17,22,26-27,29,31-33H,18-21H2,1-2H3/t22?,26?,27?,29?,31?,32?,33?,41-/m0/s1. The molecule has 268 valence electrons. The fraction of sp³-hybridized carbons (Fsp3) is 0.341. The van der Waals surface area contributed by atoms with Crippen LogP contribution in [0, 0.1) is 41.4 Å². The summed E-state index contributed by atoms with van der Waals surface area (Å²) < 4.78 is 11.2. The summed E-state index contributed by atoms with van der Waals surface area (Å²) in [5, 5.41) is 0. The first-order chi connectivity index (χ1) is 25.7. The molecule has 3 aromatic carbocycles. The SMILES string of the molecule is COCCN=C1OC(=O)N2C(=O)C3=C4C(CC5C(=O)N(c6ccccc6)C(=O)C5C4[C@@]12Cc1ccccc1)C1C(=O)N(c2ccccc2)C(=O)C1C3C. The number of carbonyl (C=O) groups excluding carboxylic acids is 6. The Morgan fingerprint density at radius 2 is 1.30 bits per heavy atom. The number of aliphatic imine (C=N–C) groups is 1. The highest BCUT2D eigenvalue weighted by atomic mass is 16.6. The van der Waals surface area contributed by atoms with E-state index >= 15 is 4.79 Å². The van der Waals surface area contributed by atoms with E-state index in [0.29, 0.717) is 16.9 Å². The number of hydrogen-bond acceptors (Lipinski definition) is 9. The maximum atomic E-state index is 15.1. The average Bonchev–Trinajstić information content (AvgIpc) is 3.70. The first-order valence-electron chi connectivity index (χ1n) is 17.9. The van der Waals surface area contributed by atoms with Crippen molar-refractivity contribution in [3.05, 3.63) is 108 Å². The van der Waals surface area contributed by atoms with E-state index < -0.39 is 82.6 Å². The van der Waals surface area contributed by atoms with Gasteiger partial charge in [0.1, 0.15) is 5.54 Å². The van der Waals surface area contributed by atoms with Crippen LogP contribution in [0.3, 0.4) is 0 Å². The summed E-state index contributed by atoms with van der Waals surface area (Å²) >= 11 is 0. The monoisotopic (exact) mass is 712 g/mol. The van der Waals surface area contributed by atoms with Crippen LogP contribution in [-0.4, -0.2) is 72.2 Å². The summed E-state index contributed by atoms with van der Waals surface area (Å²) in [7, 11) is 1.52. The minimum absolute atomic E-state index is 0.0345. The van der Waals surface area contributed by atoms with Crippen LogP contribution in [-0.2, 0) is 39.9 Å². The number of rotatable bonds is 7. The summed E-state index contributed by atoms with van der Waals surface area (Å²) in [5.41, 5.74) is 0.667. The molecule has 6 amide bonds. The van der Waals surface area contributed by atoms with Gasteiger partial charge in [0.05, 0.1) is 48.2 Å². The molecular formula is C41H36N4O8. The van der Waals surface area contributed by atoms with E-state index in [9.17, 15) is 24.0 Å². The van der Waals surface area contributed by atoms with Gasteiger partial charge in [-0.15, -0.1) is 0 Å². The number of methoxy groups -OCH3 is 1. The molecule has 1 saturated carbocycles. The van der Waals surface area contributed by atoms with Gasteiger partial charge in [-0.2, -0.15) is 0 Å². The van der Waals surface area contributed by atoms with E-state index in [1.54, 1.807) is 67.6 Å². The quantitative estimate of drug-likeness (QED) is 0.262. The van der Waals surface area contributed by atoms with Crippen LogP contribution in [0.4, 0.5) is 16.2 Å². The van der Waals surface area contributed by atoms with Gasteiger partial charge in [0, 0.05) is 25.0 Å². The van der Waals surface area contributed by atoms with Crippen LogP contribution in [0.15, 0.2) is 107 Å². The van der Waals surface area contributed by atoms with Crippen molar-refractivity contribution in [3.8, 4) is 0 Å². The Bertz CT molecular complexity index is 2150. The van der Waals surface area contributed by atoms with Gasteiger partial charge in [0.25, 0.3) is 5.91 Å². The topological polar surface area (TPSA) is 143 Å². The number of carbonyl (C=O) groups is 6. The van der Waals surface area contributed by atoms with Crippen LogP contribution in [0.25, 0.3) is 0 Å². The first-order valence-corrected chi connectivity index (χ1v) is 17.9. The lowest BCUT2D eigenvalue weighted by molar-refractivity contribution is -0.139. The van der Waals surface area contributed by atoms with E-state index in [1.807, 2.05) is 30.3 Å². The fourth-order valence-electron chi connectivity index (χ4n) is 10.3. The largest absolute Gasteiger partial charge is 0.424 e. The smallest absolute Gasteiger partial charge is 0.393 e. The van der Waals surface area contributed by atoms with Gasteiger partial charge in [0.15, 0.2) is 0 Å². The number of para-hydroxylation sites is 2. The Morgan fingerprint density at radius 1 is 0.736 bits per heavy atom. The number of benzene rings is 3. The van der Waals surface area contributed by atoms with E-state index in [4.69, 9.17) is 14.5 Å². The minimum Gasteiger partial charge on any atom is -0.393 e. The van der Waals surface area contributed by atoms with Gasteiger partial charge in [-0.25, -0.2) is 9.69 Å². The van der Waals surface area contributed by atoms with Gasteiger partial charge in [-0.05, 0) is 48.1 Å². The number of amides is 6. The molecule has 12 nitrogen and oxygen atoms in total. The lowest BCUT2D eigenvalue weighted by atomic mass is 9.49. The number of hydrogen-bond donors (Lipinski definition) is 0. The van der Waals surface area contributed by atoms with Crippen LogP contribution >= 0.6 is 0 Å². The summed E-state index contributed by atoms with van der Waals surface area (Å²) in [5.74, 6) is -8.78. The maximum Gasteiger partial charge on any atom is 0.424 e. The molecule has 3 aromatic rings. The molecule has 4 fully saturated rings. The van der Waals surface area contributed by atoms with Gasteiger partial charge < -0.3 is 9.47 Å². The normalized spacial score (nSPS) is 32.3. The second-order valence-corrected chi connectivity index (χ2v) is 14.6. The molecule has 4 aliphatic heterocycles. The number of imide groups is 3. The first kappa shape index (κ1) is 33.1. The summed E-state index contributed by atoms with van der Waals surface area (Å²) in [6, 6.07) is 26.6. The molecule has 3 saturated heterocycles. The van der Waals surface area contributed by atoms with Gasteiger partial charge in [-0.1, -0.05) is 79.2 Å². The fourth-order valence-corrected chi connectivity index (χ4v) is 10.3. The Labute approximate surface area is 305 Å². The molecule has 0 spiro atoms. The maximum absolute atomic E-state index is 15.1. The zero-order chi connectivity index (χ0) is 36.8. The second kappa shape index (κ2) is 12.2. The summed E-state index contributed by atoms with van der Waals surface area (Å²) in [6.07, 6.45) is -0.839. The highest BCUT2D eigenvalue weighted by molar-refractivity contribution is 6.26. The zero-order valence-corrected chi connectivity index (χ0v) is 29.1. The molecule has 12 heteroatoms. The zero-order valence-electron chi connectivity index (χ0n) is 29.1. The van der Waals surface area contributed by atoms with E-state index in [2.05, 4.69) is 0 Å². The number of nitrogens with zero attached hydrogens (tertiary/aromatic N) is 4. The molecule has 8 atom stereocenters. The molecule has 4 heterocycles. The summed E-state index contributed by atoms with van der Waals surface area (Å²) in [6.45, 7) is 2.03. The van der Waals surface area contributed by atoms with Crippen molar-refractivity contribution >= 4 is 52.9 Å². The molecule has 0 bridgehead atoms. The average molecular weight is 713 g/mol. The lowest BCUT2D eigenvalue weighted by Crippen LogP contribution is -2.68.